The van der Waals surface area contributed by atoms with Crippen LogP contribution in [0.3, 0.4) is 0 Å². The molecule has 3 N–H and O–H groups in total. The van der Waals surface area contributed by atoms with Crippen molar-refractivity contribution in [3.8, 4) is 0 Å². The summed E-state index contributed by atoms with van der Waals surface area (Å²) in [5.41, 5.74) is 5.19. The van der Waals surface area contributed by atoms with Gasteiger partial charge in [-0.1, -0.05) is 52.8 Å². The molecule has 0 heterocycles. The molecule has 4 heteroatoms. The Kier molecular flexibility index (Phi) is 6.44. The van der Waals surface area contributed by atoms with E-state index in [9.17, 15) is 4.79 Å². The highest BCUT2D eigenvalue weighted by Crippen LogP contribution is 2.33. The first-order valence-corrected chi connectivity index (χ1v) is 8.40. The molecule has 0 aromatic carbocycles. The van der Waals surface area contributed by atoms with Gasteiger partial charge in [-0.3, -0.25) is 4.79 Å². The number of carbonyl (C=O) groups is 1. The number of hydrogen-bond acceptors (Lipinski definition) is 2. The maximum atomic E-state index is 12.7. The number of amides is 1. The van der Waals surface area contributed by atoms with Gasteiger partial charge in [0.1, 0.15) is 0 Å². The van der Waals surface area contributed by atoms with Gasteiger partial charge in [0.2, 0.25) is 5.91 Å². The summed E-state index contributed by atoms with van der Waals surface area (Å²) < 4.78 is 0. The third kappa shape index (κ3) is 3.51. The van der Waals surface area contributed by atoms with Crippen molar-refractivity contribution in [2.45, 2.75) is 72.3 Å². The summed E-state index contributed by atoms with van der Waals surface area (Å²) in [7, 11) is 0. The van der Waals surface area contributed by atoms with Gasteiger partial charge in [-0.2, -0.15) is 0 Å². The van der Waals surface area contributed by atoms with E-state index in [4.69, 9.17) is 18.0 Å². The van der Waals surface area contributed by atoms with E-state index in [1.165, 1.54) is 19.3 Å². The minimum atomic E-state index is -0.672. The van der Waals surface area contributed by atoms with E-state index < -0.39 is 5.41 Å². The van der Waals surface area contributed by atoms with Crippen LogP contribution in [-0.2, 0) is 4.79 Å². The van der Waals surface area contributed by atoms with E-state index in [-0.39, 0.29) is 11.9 Å². The molecule has 1 fully saturated rings. The number of nitrogens with one attached hydrogen (secondary N) is 1. The Hall–Kier alpha value is -0.640. The van der Waals surface area contributed by atoms with Crippen LogP contribution in [-0.4, -0.2) is 16.9 Å². The van der Waals surface area contributed by atoms with Gasteiger partial charge in [-0.15, -0.1) is 0 Å². The van der Waals surface area contributed by atoms with E-state index in [0.29, 0.717) is 29.7 Å². The molecule has 20 heavy (non-hydrogen) atoms. The lowest BCUT2D eigenvalue weighted by Crippen LogP contribution is -2.53. The van der Waals surface area contributed by atoms with Gasteiger partial charge in [0.15, 0.2) is 0 Å². The van der Waals surface area contributed by atoms with Crippen molar-refractivity contribution in [1.82, 2.24) is 5.32 Å². The van der Waals surface area contributed by atoms with E-state index in [2.05, 4.69) is 19.2 Å². The van der Waals surface area contributed by atoms with Gasteiger partial charge in [-0.05, 0) is 37.5 Å². The van der Waals surface area contributed by atoms with Crippen LogP contribution in [0.1, 0.15) is 66.2 Å². The van der Waals surface area contributed by atoms with Crippen LogP contribution in [0, 0.1) is 17.3 Å². The Morgan fingerprint density at radius 2 is 1.85 bits per heavy atom. The molecule has 0 spiro atoms. The molecule has 0 aromatic heterocycles. The van der Waals surface area contributed by atoms with Crippen LogP contribution in [0.15, 0.2) is 0 Å². The van der Waals surface area contributed by atoms with Crippen LogP contribution >= 0.6 is 12.2 Å². The summed E-state index contributed by atoms with van der Waals surface area (Å²) in [6.07, 6.45) is 6.10. The van der Waals surface area contributed by atoms with Gasteiger partial charge in [0.05, 0.1) is 10.4 Å². The van der Waals surface area contributed by atoms with E-state index >= 15 is 0 Å². The topological polar surface area (TPSA) is 55.1 Å². The first-order chi connectivity index (χ1) is 9.39. The van der Waals surface area contributed by atoms with Gasteiger partial charge < -0.3 is 11.1 Å². The molecule has 0 bridgehead atoms. The molecule has 0 aromatic rings. The highest BCUT2D eigenvalue weighted by atomic mass is 32.1. The second-order valence-electron chi connectivity index (χ2n) is 6.43. The number of carbonyl (C=O) groups excluding carboxylic acids is 1. The number of hydrogen-bond donors (Lipinski definition) is 2. The van der Waals surface area contributed by atoms with Crippen LogP contribution < -0.4 is 11.1 Å². The largest absolute Gasteiger partial charge is 0.392 e. The molecule has 0 radical (unpaired) electrons. The molecule has 1 saturated carbocycles. The van der Waals surface area contributed by atoms with Gasteiger partial charge >= 0.3 is 0 Å². The molecular weight excluding hydrogens is 268 g/mol. The van der Waals surface area contributed by atoms with E-state index in [0.717, 1.165) is 6.42 Å². The zero-order valence-electron chi connectivity index (χ0n) is 13.4. The van der Waals surface area contributed by atoms with Crippen molar-refractivity contribution in [3.63, 3.8) is 0 Å². The van der Waals surface area contributed by atoms with Crippen molar-refractivity contribution < 1.29 is 4.79 Å². The molecule has 0 saturated heterocycles. The van der Waals surface area contributed by atoms with E-state index in [1.807, 2.05) is 13.8 Å². The third-order valence-electron chi connectivity index (χ3n) is 5.11. The van der Waals surface area contributed by atoms with Crippen molar-refractivity contribution in [1.29, 1.82) is 0 Å². The molecule has 2 atom stereocenters. The highest BCUT2D eigenvalue weighted by Gasteiger charge is 2.40. The Bertz CT molecular complexity index is 350. The summed E-state index contributed by atoms with van der Waals surface area (Å²) in [4.78, 5) is 13.1. The summed E-state index contributed by atoms with van der Waals surface area (Å²) in [6, 6.07) is 0.281. The smallest absolute Gasteiger partial charge is 0.233 e. The fourth-order valence-corrected chi connectivity index (χ4v) is 3.86. The fraction of sp³-hybridized carbons (Fsp3) is 0.875. The number of thiocarbonyl (C=S) groups is 1. The van der Waals surface area contributed by atoms with Gasteiger partial charge in [0.25, 0.3) is 0 Å². The molecule has 0 aliphatic heterocycles. The van der Waals surface area contributed by atoms with Crippen molar-refractivity contribution in [2.75, 3.05) is 0 Å². The predicted molar refractivity (Wildman–Crippen MR) is 88.5 cm³/mol. The van der Waals surface area contributed by atoms with Crippen LogP contribution in [0.2, 0.25) is 0 Å². The van der Waals surface area contributed by atoms with Crippen molar-refractivity contribution in [2.24, 2.45) is 23.0 Å². The molecule has 1 aliphatic rings. The molecular formula is C16H30N2OS. The normalized spacial score (nSPS) is 23.6. The lowest BCUT2D eigenvalue weighted by molar-refractivity contribution is -0.129. The highest BCUT2D eigenvalue weighted by molar-refractivity contribution is 7.80. The quantitative estimate of drug-likeness (QED) is 0.739. The maximum Gasteiger partial charge on any atom is 0.233 e. The summed E-state index contributed by atoms with van der Waals surface area (Å²) in [5, 5.41) is 3.27. The molecule has 2 unspecified atom stereocenters. The Labute approximate surface area is 129 Å². The van der Waals surface area contributed by atoms with Crippen molar-refractivity contribution in [3.05, 3.63) is 0 Å². The Balaban J connectivity index is 2.84. The van der Waals surface area contributed by atoms with Crippen LogP contribution in [0.4, 0.5) is 0 Å². The first kappa shape index (κ1) is 17.4. The lowest BCUT2D eigenvalue weighted by atomic mass is 9.76. The summed E-state index contributed by atoms with van der Waals surface area (Å²) in [5.74, 6) is 1.21. The third-order valence-corrected chi connectivity index (χ3v) is 5.50. The van der Waals surface area contributed by atoms with Gasteiger partial charge in [0, 0.05) is 6.04 Å². The Morgan fingerprint density at radius 3 is 2.30 bits per heavy atom. The molecule has 3 nitrogen and oxygen atoms in total. The van der Waals surface area contributed by atoms with Crippen molar-refractivity contribution >= 4 is 23.1 Å². The minimum absolute atomic E-state index is 0.0348. The standard InChI is InChI=1S/C16H30N2OS/c1-5-16(6-2,14(17)20)15(19)18-13-10-8-7-9-12(13)11(3)4/h11-13H,5-10H2,1-4H3,(H2,17,20)(H,18,19). The molecule has 116 valence electrons. The monoisotopic (exact) mass is 298 g/mol. The summed E-state index contributed by atoms with van der Waals surface area (Å²) >= 11 is 5.17. The van der Waals surface area contributed by atoms with Gasteiger partial charge in [-0.25, -0.2) is 0 Å². The minimum Gasteiger partial charge on any atom is -0.392 e. The number of rotatable bonds is 6. The SMILES string of the molecule is CCC(CC)(C(=O)NC1CCCCC1C(C)C)C(N)=S. The average Bonchev–Trinajstić information content (AvgIpc) is 2.40. The molecule has 1 rings (SSSR count). The zero-order chi connectivity index (χ0) is 15.3. The second kappa shape index (κ2) is 7.39. The lowest BCUT2D eigenvalue weighted by Gasteiger charge is -2.38. The Morgan fingerprint density at radius 1 is 1.30 bits per heavy atom. The summed E-state index contributed by atoms with van der Waals surface area (Å²) in [6.45, 7) is 8.47. The number of nitrogens with two attached hydrogens (primary N) is 1. The molecule has 1 amide bonds. The van der Waals surface area contributed by atoms with Crippen LogP contribution in [0.5, 0.6) is 0 Å². The molecule has 1 aliphatic carbocycles. The maximum absolute atomic E-state index is 12.7. The average molecular weight is 298 g/mol. The zero-order valence-corrected chi connectivity index (χ0v) is 14.2. The van der Waals surface area contributed by atoms with E-state index in [1.54, 1.807) is 0 Å². The van der Waals surface area contributed by atoms with Crippen LogP contribution in [0.25, 0.3) is 0 Å². The first-order valence-electron chi connectivity index (χ1n) is 7.99. The predicted octanol–water partition coefficient (Wildman–Crippen LogP) is 3.41. The fourth-order valence-electron chi connectivity index (χ4n) is 3.47. The second-order valence-corrected chi connectivity index (χ2v) is 6.87.